The van der Waals surface area contributed by atoms with Crippen LogP contribution in [0.25, 0.3) is 0 Å². The molecule has 4 heteroatoms. The minimum atomic E-state index is -0.0438. The number of nitrogens with one attached hydrogen (secondary N) is 1. The van der Waals surface area contributed by atoms with Crippen molar-refractivity contribution in [3.8, 4) is 5.75 Å². The molecule has 0 radical (unpaired) electrons. The Balaban J connectivity index is 1.56. The third kappa shape index (κ3) is 2.48. The number of hydrogen-bond donors (Lipinski definition) is 2. The molecule has 1 amide bonds. The molecule has 2 fully saturated rings. The number of benzene rings is 1. The van der Waals surface area contributed by atoms with Crippen molar-refractivity contribution in [2.45, 2.75) is 31.3 Å². The smallest absolute Gasteiger partial charge is 0.251 e. The largest absolute Gasteiger partial charge is 0.508 e. The second-order valence-corrected chi connectivity index (χ2v) is 5.23. The summed E-state index contributed by atoms with van der Waals surface area (Å²) in [7, 11) is 0. The van der Waals surface area contributed by atoms with Gasteiger partial charge in [-0.3, -0.25) is 9.69 Å². The highest BCUT2D eigenvalue weighted by atomic mass is 16.3. The van der Waals surface area contributed by atoms with Gasteiger partial charge in [0.25, 0.3) is 5.91 Å². The van der Waals surface area contributed by atoms with Crippen LogP contribution in [-0.4, -0.2) is 41.1 Å². The predicted octanol–water partition coefficient (Wildman–Crippen LogP) is 1.36. The lowest BCUT2D eigenvalue weighted by Gasteiger charge is -2.15. The Morgan fingerprint density at radius 3 is 2.61 bits per heavy atom. The van der Waals surface area contributed by atoms with Crippen LogP contribution in [-0.2, 0) is 0 Å². The molecule has 1 aromatic carbocycles. The van der Waals surface area contributed by atoms with Gasteiger partial charge in [0.15, 0.2) is 0 Å². The Morgan fingerprint density at radius 2 is 1.94 bits per heavy atom. The van der Waals surface area contributed by atoms with Crippen molar-refractivity contribution in [3.63, 3.8) is 0 Å². The quantitative estimate of drug-likeness (QED) is 0.846. The van der Waals surface area contributed by atoms with Gasteiger partial charge in [-0.2, -0.15) is 0 Å². The number of phenols is 1. The van der Waals surface area contributed by atoms with Crippen LogP contribution in [0.2, 0.25) is 0 Å². The number of likely N-dealkylation sites (tertiary alicyclic amines) is 1. The summed E-state index contributed by atoms with van der Waals surface area (Å²) in [6, 6.07) is 7.43. The number of rotatable bonds is 3. The second-order valence-electron chi connectivity index (χ2n) is 5.23. The molecule has 0 spiro atoms. The molecule has 1 heterocycles. The molecule has 4 nitrogen and oxygen atoms in total. The summed E-state index contributed by atoms with van der Waals surface area (Å²) in [6.07, 6.45) is 3.68. The highest BCUT2D eigenvalue weighted by Crippen LogP contribution is 2.29. The summed E-state index contributed by atoms with van der Waals surface area (Å²) < 4.78 is 0. The number of carbonyl (C=O) groups is 1. The van der Waals surface area contributed by atoms with Gasteiger partial charge in [0.05, 0.1) is 0 Å². The Morgan fingerprint density at radius 1 is 1.22 bits per heavy atom. The molecule has 1 aliphatic heterocycles. The topological polar surface area (TPSA) is 52.6 Å². The van der Waals surface area contributed by atoms with Crippen LogP contribution >= 0.6 is 0 Å². The van der Waals surface area contributed by atoms with Gasteiger partial charge < -0.3 is 10.4 Å². The molecule has 1 saturated heterocycles. The summed E-state index contributed by atoms with van der Waals surface area (Å²) in [6.45, 7) is 2.08. The van der Waals surface area contributed by atoms with E-state index in [9.17, 15) is 9.90 Å². The van der Waals surface area contributed by atoms with E-state index in [-0.39, 0.29) is 17.7 Å². The van der Waals surface area contributed by atoms with Gasteiger partial charge in [-0.05, 0) is 43.5 Å². The second kappa shape index (κ2) is 4.61. The molecule has 2 aliphatic rings. The monoisotopic (exact) mass is 246 g/mol. The lowest BCUT2D eigenvalue weighted by atomic mass is 10.2. The van der Waals surface area contributed by atoms with Gasteiger partial charge in [-0.15, -0.1) is 0 Å². The van der Waals surface area contributed by atoms with Crippen molar-refractivity contribution in [1.82, 2.24) is 10.2 Å². The minimum Gasteiger partial charge on any atom is -0.508 e. The third-order valence-electron chi connectivity index (χ3n) is 3.75. The van der Waals surface area contributed by atoms with Crippen molar-refractivity contribution < 1.29 is 9.90 Å². The van der Waals surface area contributed by atoms with Crippen molar-refractivity contribution in [2.75, 3.05) is 13.1 Å². The molecular formula is C14H18N2O2. The van der Waals surface area contributed by atoms with Crippen LogP contribution in [0.5, 0.6) is 5.75 Å². The van der Waals surface area contributed by atoms with Gasteiger partial charge in [0, 0.05) is 30.7 Å². The lowest BCUT2D eigenvalue weighted by Crippen LogP contribution is -2.37. The number of aromatic hydroxyl groups is 1. The first-order valence-electron chi connectivity index (χ1n) is 6.56. The summed E-state index contributed by atoms with van der Waals surface area (Å²) in [5, 5.41) is 12.3. The van der Waals surface area contributed by atoms with E-state index >= 15 is 0 Å². The standard InChI is InChI=1S/C14H18N2O2/c17-13-5-1-10(2-6-13)14(18)15-11-7-8-16(9-11)12-3-4-12/h1-2,5-6,11-12,17H,3-4,7-9H2,(H,15,18). The van der Waals surface area contributed by atoms with E-state index in [1.807, 2.05) is 0 Å². The highest BCUT2D eigenvalue weighted by molar-refractivity contribution is 5.94. The van der Waals surface area contributed by atoms with Gasteiger partial charge in [-0.25, -0.2) is 0 Å². The zero-order valence-corrected chi connectivity index (χ0v) is 10.3. The van der Waals surface area contributed by atoms with Crippen LogP contribution in [0.1, 0.15) is 29.6 Å². The molecule has 0 aromatic heterocycles. The minimum absolute atomic E-state index is 0.0438. The number of amides is 1. The Bertz CT molecular complexity index is 440. The van der Waals surface area contributed by atoms with Crippen molar-refractivity contribution in [1.29, 1.82) is 0 Å². The maximum absolute atomic E-state index is 12.0. The number of phenolic OH excluding ortho intramolecular Hbond substituents is 1. The van der Waals surface area contributed by atoms with Crippen LogP contribution in [0.3, 0.4) is 0 Å². The Labute approximate surface area is 107 Å². The molecule has 2 N–H and O–H groups in total. The molecule has 1 aliphatic carbocycles. The lowest BCUT2D eigenvalue weighted by molar-refractivity contribution is 0.0937. The maximum Gasteiger partial charge on any atom is 0.251 e. The first-order chi connectivity index (χ1) is 8.72. The summed E-state index contributed by atoms with van der Waals surface area (Å²) >= 11 is 0. The van der Waals surface area contributed by atoms with Crippen molar-refractivity contribution in [3.05, 3.63) is 29.8 Å². The fourth-order valence-corrected chi connectivity index (χ4v) is 2.56. The zero-order valence-electron chi connectivity index (χ0n) is 10.3. The zero-order chi connectivity index (χ0) is 12.5. The SMILES string of the molecule is O=C(NC1CCN(C2CC2)C1)c1ccc(O)cc1. The van der Waals surface area contributed by atoms with E-state index in [4.69, 9.17) is 0 Å². The molecule has 1 unspecified atom stereocenters. The molecule has 0 bridgehead atoms. The molecule has 96 valence electrons. The normalized spacial score (nSPS) is 24.1. The van der Waals surface area contributed by atoms with Gasteiger partial charge in [0.1, 0.15) is 5.75 Å². The molecule has 1 aromatic rings. The molecular weight excluding hydrogens is 228 g/mol. The van der Waals surface area contributed by atoms with Gasteiger partial charge >= 0.3 is 0 Å². The van der Waals surface area contributed by atoms with Gasteiger partial charge in [0.2, 0.25) is 0 Å². The predicted molar refractivity (Wildman–Crippen MR) is 68.6 cm³/mol. The van der Waals surface area contributed by atoms with Crippen molar-refractivity contribution >= 4 is 5.91 Å². The van der Waals surface area contributed by atoms with E-state index in [0.717, 1.165) is 25.6 Å². The van der Waals surface area contributed by atoms with E-state index < -0.39 is 0 Å². The number of hydrogen-bond acceptors (Lipinski definition) is 3. The van der Waals surface area contributed by atoms with Crippen LogP contribution < -0.4 is 5.32 Å². The van der Waals surface area contributed by atoms with E-state index in [1.54, 1.807) is 24.3 Å². The van der Waals surface area contributed by atoms with Crippen LogP contribution in [0.15, 0.2) is 24.3 Å². The van der Waals surface area contributed by atoms with Gasteiger partial charge in [-0.1, -0.05) is 0 Å². The third-order valence-corrected chi connectivity index (χ3v) is 3.75. The van der Waals surface area contributed by atoms with Crippen LogP contribution in [0, 0.1) is 0 Å². The van der Waals surface area contributed by atoms with E-state index in [0.29, 0.717) is 5.56 Å². The highest BCUT2D eigenvalue weighted by Gasteiger charge is 2.34. The average Bonchev–Trinajstić information content (AvgIpc) is 3.11. The van der Waals surface area contributed by atoms with E-state index in [1.165, 1.54) is 12.8 Å². The van der Waals surface area contributed by atoms with Crippen LogP contribution in [0.4, 0.5) is 0 Å². The van der Waals surface area contributed by atoms with Crippen molar-refractivity contribution in [2.24, 2.45) is 0 Å². The first-order valence-corrected chi connectivity index (χ1v) is 6.56. The number of nitrogens with zero attached hydrogens (tertiary/aromatic N) is 1. The summed E-state index contributed by atoms with van der Waals surface area (Å²) in [5.41, 5.74) is 0.609. The summed E-state index contributed by atoms with van der Waals surface area (Å²) in [5.74, 6) is 0.143. The molecule has 1 atom stereocenters. The Hall–Kier alpha value is -1.55. The molecule has 3 rings (SSSR count). The average molecular weight is 246 g/mol. The first kappa shape index (κ1) is 11.5. The fraction of sp³-hybridized carbons (Fsp3) is 0.500. The Kier molecular flexibility index (Phi) is 2.96. The molecule has 1 saturated carbocycles. The maximum atomic E-state index is 12.0. The van der Waals surface area contributed by atoms with E-state index in [2.05, 4.69) is 10.2 Å². The summed E-state index contributed by atoms with van der Waals surface area (Å²) in [4.78, 5) is 14.5. The fourth-order valence-electron chi connectivity index (χ4n) is 2.56. The molecule has 18 heavy (non-hydrogen) atoms. The number of carbonyl (C=O) groups excluding carboxylic acids is 1.